The van der Waals surface area contributed by atoms with Crippen molar-refractivity contribution in [2.24, 2.45) is 5.10 Å². The van der Waals surface area contributed by atoms with E-state index in [1.54, 1.807) is 41.8 Å². The maximum Gasteiger partial charge on any atom is 0.353 e. The van der Waals surface area contributed by atoms with Gasteiger partial charge in [-0.25, -0.2) is 10.2 Å². The molecule has 1 amide bonds. The lowest BCUT2D eigenvalue weighted by molar-refractivity contribution is 0.0739. The van der Waals surface area contributed by atoms with Crippen molar-refractivity contribution >= 4 is 29.4 Å². The molecule has 0 radical (unpaired) electrons. The number of esters is 1. The van der Waals surface area contributed by atoms with Crippen LogP contribution in [0.2, 0.25) is 0 Å². The maximum atomic E-state index is 11.9. The van der Waals surface area contributed by atoms with E-state index in [1.807, 2.05) is 0 Å². The Morgan fingerprint density at radius 1 is 1.04 bits per heavy atom. The number of amides is 1. The zero-order valence-electron chi connectivity index (χ0n) is 13.8. The third kappa shape index (κ3) is 4.93. The number of benzene rings is 2. The van der Waals surface area contributed by atoms with E-state index in [2.05, 4.69) is 10.5 Å². The fourth-order valence-electron chi connectivity index (χ4n) is 2.13. The second-order valence-corrected chi connectivity index (χ2v) is 6.32. The monoisotopic (exact) mass is 382 g/mol. The normalized spacial score (nSPS) is 10.7. The van der Waals surface area contributed by atoms with E-state index in [1.165, 1.54) is 29.7 Å². The number of rotatable bonds is 5. The standard InChI is InChI=1S/C19H14N2O5S/c22-14-8-13(9-15(23)10-14)18(24)21-20-11-12-3-5-16(6-4-12)26-19(25)17-2-1-7-27-17/h1-11,22-23H,(H,21,24). The summed E-state index contributed by atoms with van der Waals surface area (Å²) in [5, 5.41) is 24.4. The molecule has 3 aromatic rings. The van der Waals surface area contributed by atoms with Crippen LogP contribution in [-0.2, 0) is 0 Å². The fourth-order valence-corrected chi connectivity index (χ4v) is 2.73. The Kier molecular flexibility index (Phi) is 5.48. The number of aromatic hydroxyl groups is 2. The highest BCUT2D eigenvalue weighted by Gasteiger charge is 2.09. The molecule has 3 rings (SSSR count). The number of hydrazone groups is 1. The predicted octanol–water partition coefficient (Wildman–Crippen LogP) is 3.14. The number of carbonyl (C=O) groups is 2. The average molecular weight is 382 g/mol. The highest BCUT2D eigenvalue weighted by Crippen LogP contribution is 2.20. The molecule has 0 saturated carbocycles. The largest absolute Gasteiger partial charge is 0.508 e. The smallest absolute Gasteiger partial charge is 0.353 e. The van der Waals surface area contributed by atoms with Crippen LogP contribution in [0.25, 0.3) is 0 Å². The summed E-state index contributed by atoms with van der Waals surface area (Å²) in [5.74, 6) is -1.06. The van der Waals surface area contributed by atoms with Crippen LogP contribution in [0.4, 0.5) is 0 Å². The first-order valence-corrected chi connectivity index (χ1v) is 8.61. The summed E-state index contributed by atoms with van der Waals surface area (Å²) in [7, 11) is 0. The Hall–Kier alpha value is -3.65. The number of ether oxygens (including phenoxy) is 1. The summed E-state index contributed by atoms with van der Waals surface area (Å²) < 4.78 is 5.25. The molecule has 0 aliphatic carbocycles. The second-order valence-electron chi connectivity index (χ2n) is 5.37. The molecule has 2 aromatic carbocycles. The highest BCUT2D eigenvalue weighted by atomic mass is 32.1. The first-order chi connectivity index (χ1) is 13.0. The van der Waals surface area contributed by atoms with E-state index in [0.717, 1.165) is 6.07 Å². The van der Waals surface area contributed by atoms with Crippen molar-refractivity contribution in [3.05, 3.63) is 76.0 Å². The quantitative estimate of drug-likeness (QED) is 0.272. The van der Waals surface area contributed by atoms with Crippen LogP contribution in [0.5, 0.6) is 17.2 Å². The van der Waals surface area contributed by atoms with Crippen LogP contribution in [0.15, 0.2) is 65.1 Å². The lowest BCUT2D eigenvalue weighted by Gasteiger charge is -2.03. The Balaban J connectivity index is 1.57. The van der Waals surface area contributed by atoms with Crippen LogP contribution in [0.1, 0.15) is 25.6 Å². The molecule has 8 heteroatoms. The zero-order valence-corrected chi connectivity index (χ0v) is 14.6. The minimum absolute atomic E-state index is 0.0699. The summed E-state index contributed by atoms with van der Waals surface area (Å²) >= 11 is 1.30. The average Bonchev–Trinajstić information content (AvgIpc) is 3.17. The van der Waals surface area contributed by atoms with Crippen LogP contribution >= 0.6 is 11.3 Å². The summed E-state index contributed by atoms with van der Waals surface area (Å²) in [5.41, 5.74) is 3.03. The molecule has 0 atom stereocenters. The number of phenolic OH excluding ortho intramolecular Hbond substituents is 2. The maximum absolute atomic E-state index is 11.9. The number of thiophene rings is 1. The van der Waals surface area contributed by atoms with E-state index in [-0.39, 0.29) is 17.1 Å². The minimum Gasteiger partial charge on any atom is -0.508 e. The topological polar surface area (TPSA) is 108 Å². The molecule has 0 spiro atoms. The van der Waals surface area contributed by atoms with Gasteiger partial charge in [0.15, 0.2) is 0 Å². The Morgan fingerprint density at radius 3 is 2.37 bits per heavy atom. The van der Waals surface area contributed by atoms with Gasteiger partial charge in [-0.3, -0.25) is 4.79 Å². The molecule has 0 fully saturated rings. The van der Waals surface area contributed by atoms with E-state index in [4.69, 9.17) is 4.74 Å². The third-order valence-electron chi connectivity index (χ3n) is 3.36. The van der Waals surface area contributed by atoms with Gasteiger partial charge in [0, 0.05) is 11.6 Å². The fraction of sp³-hybridized carbons (Fsp3) is 0. The van der Waals surface area contributed by atoms with Gasteiger partial charge in [-0.2, -0.15) is 5.10 Å². The molecule has 0 aliphatic rings. The molecule has 136 valence electrons. The summed E-state index contributed by atoms with van der Waals surface area (Å²) in [6.45, 7) is 0. The van der Waals surface area contributed by atoms with Gasteiger partial charge in [0.25, 0.3) is 5.91 Å². The molecule has 0 aliphatic heterocycles. The molecule has 0 bridgehead atoms. The Labute approximate surface area is 158 Å². The van der Waals surface area contributed by atoms with Crippen molar-refractivity contribution in [2.75, 3.05) is 0 Å². The molecule has 1 heterocycles. The zero-order chi connectivity index (χ0) is 19.2. The van der Waals surface area contributed by atoms with E-state index in [9.17, 15) is 19.8 Å². The highest BCUT2D eigenvalue weighted by molar-refractivity contribution is 7.12. The van der Waals surface area contributed by atoms with Crippen molar-refractivity contribution in [3.8, 4) is 17.2 Å². The molecular weight excluding hydrogens is 368 g/mol. The van der Waals surface area contributed by atoms with Gasteiger partial charge >= 0.3 is 5.97 Å². The minimum atomic E-state index is -0.584. The first kappa shape index (κ1) is 18.2. The molecule has 3 N–H and O–H groups in total. The number of nitrogens with zero attached hydrogens (tertiary/aromatic N) is 1. The van der Waals surface area contributed by atoms with E-state index >= 15 is 0 Å². The van der Waals surface area contributed by atoms with Gasteiger partial charge in [-0.15, -0.1) is 11.3 Å². The summed E-state index contributed by atoms with van der Waals surface area (Å²) in [4.78, 5) is 24.3. The third-order valence-corrected chi connectivity index (χ3v) is 4.21. The van der Waals surface area contributed by atoms with Crippen LogP contribution in [0.3, 0.4) is 0 Å². The predicted molar refractivity (Wildman–Crippen MR) is 101 cm³/mol. The van der Waals surface area contributed by atoms with Gasteiger partial charge in [0.2, 0.25) is 0 Å². The van der Waals surface area contributed by atoms with Gasteiger partial charge in [-0.1, -0.05) is 6.07 Å². The van der Waals surface area contributed by atoms with Gasteiger partial charge in [-0.05, 0) is 53.4 Å². The van der Waals surface area contributed by atoms with Crippen molar-refractivity contribution in [1.82, 2.24) is 5.43 Å². The Morgan fingerprint density at radius 2 is 1.74 bits per heavy atom. The summed E-state index contributed by atoms with van der Waals surface area (Å²) in [6.07, 6.45) is 1.41. The van der Waals surface area contributed by atoms with E-state index < -0.39 is 11.9 Å². The van der Waals surface area contributed by atoms with Gasteiger partial charge < -0.3 is 14.9 Å². The van der Waals surface area contributed by atoms with Gasteiger partial charge in [0.1, 0.15) is 22.1 Å². The van der Waals surface area contributed by atoms with Crippen molar-refractivity contribution in [1.29, 1.82) is 0 Å². The van der Waals surface area contributed by atoms with Crippen molar-refractivity contribution in [2.45, 2.75) is 0 Å². The van der Waals surface area contributed by atoms with Crippen molar-refractivity contribution < 1.29 is 24.5 Å². The number of hydrogen-bond donors (Lipinski definition) is 3. The second kappa shape index (κ2) is 8.15. The molecule has 0 saturated heterocycles. The first-order valence-electron chi connectivity index (χ1n) is 7.73. The van der Waals surface area contributed by atoms with Crippen LogP contribution in [-0.4, -0.2) is 28.3 Å². The number of nitrogens with one attached hydrogen (secondary N) is 1. The number of carbonyl (C=O) groups excluding carboxylic acids is 2. The van der Waals surface area contributed by atoms with Gasteiger partial charge in [0.05, 0.1) is 6.21 Å². The Bertz CT molecular complexity index is 962. The van der Waals surface area contributed by atoms with E-state index in [0.29, 0.717) is 16.2 Å². The SMILES string of the molecule is O=C(NN=Cc1ccc(OC(=O)c2cccs2)cc1)c1cc(O)cc(O)c1. The molecular formula is C19H14N2O5S. The molecule has 1 aromatic heterocycles. The van der Waals surface area contributed by atoms with Crippen LogP contribution < -0.4 is 10.2 Å². The number of phenols is 2. The molecule has 7 nitrogen and oxygen atoms in total. The lowest BCUT2D eigenvalue weighted by Crippen LogP contribution is -2.17. The van der Waals surface area contributed by atoms with Crippen LogP contribution in [0, 0.1) is 0 Å². The van der Waals surface area contributed by atoms with Crippen molar-refractivity contribution in [3.63, 3.8) is 0 Å². The lowest BCUT2D eigenvalue weighted by atomic mass is 10.2. The molecule has 27 heavy (non-hydrogen) atoms. The molecule has 0 unspecified atom stereocenters. The summed E-state index contributed by atoms with van der Waals surface area (Å²) in [6, 6.07) is 13.6. The number of hydrogen-bond acceptors (Lipinski definition) is 7.